The number of amides is 1. The number of carboxylic acid groups (broad SMARTS) is 1. The molecule has 0 aliphatic heterocycles. The van der Waals surface area contributed by atoms with Gasteiger partial charge in [0.15, 0.2) is 5.69 Å². The molecule has 2 aromatic rings. The quantitative estimate of drug-likeness (QED) is 0.829. The Kier molecular flexibility index (Phi) is 3.94. The van der Waals surface area contributed by atoms with Crippen molar-refractivity contribution in [2.75, 3.05) is 12.4 Å². The molecule has 0 spiro atoms. The maximum atomic E-state index is 11.8. The van der Waals surface area contributed by atoms with E-state index in [1.165, 1.54) is 13.3 Å². The van der Waals surface area contributed by atoms with Crippen LogP contribution in [0.3, 0.4) is 0 Å². The molecule has 0 aliphatic carbocycles. The van der Waals surface area contributed by atoms with Crippen LogP contribution in [-0.2, 0) is 11.3 Å². The summed E-state index contributed by atoms with van der Waals surface area (Å²) in [5.41, 5.74) is 0.314. The molecule has 0 bridgehead atoms. The molecule has 8 nitrogen and oxygen atoms in total. The van der Waals surface area contributed by atoms with Gasteiger partial charge in [-0.2, -0.15) is 0 Å². The van der Waals surface area contributed by atoms with Gasteiger partial charge in [-0.3, -0.25) is 4.79 Å². The van der Waals surface area contributed by atoms with Crippen LogP contribution in [0.25, 0.3) is 0 Å². The van der Waals surface area contributed by atoms with Gasteiger partial charge in [-0.15, -0.1) is 5.10 Å². The summed E-state index contributed by atoms with van der Waals surface area (Å²) in [5, 5.41) is 18.3. The van der Waals surface area contributed by atoms with Gasteiger partial charge in [0.25, 0.3) is 0 Å². The van der Waals surface area contributed by atoms with Crippen LogP contribution in [0.5, 0.6) is 5.75 Å². The summed E-state index contributed by atoms with van der Waals surface area (Å²) in [6, 6.07) is 6.95. The second-order valence-electron chi connectivity index (χ2n) is 3.85. The standard InChI is InChI=1S/C12H12N4O4/c1-20-10-5-3-2-4-8(10)13-11(17)7-16-6-9(12(18)19)14-15-16/h2-6H,7H2,1H3,(H,13,17)(H,18,19). The molecule has 1 aromatic heterocycles. The summed E-state index contributed by atoms with van der Waals surface area (Å²) in [6.45, 7) is -0.141. The smallest absolute Gasteiger partial charge is 0.358 e. The number of carbonyl (C=O) groups excluding carboxylic acids is 1. The molecule has 2 N–H and O–H groups in total. The number of carboxylic acids is 1. The van der Waals surface area contributed by atoms with Crippen molar-refractivity contribution in [2.24, 2.45) is 0 Å². The summed E-state index contributed by atoms with van der Waals surface area (Å²) in [5.74, 6) is -1.02. The Labute approximate surface area is 114 Å². The Morgan fingerprint density at radius 1 is 1.40 bits per heavy atom. The zero-order chi connectivity index (χ0) is 14.5. The van der Waals surface area contributed by atoms with Crippen LogP contribution >= 0.6 is 0 Å². The minimum atomic E-state index is -1.19. The number of aromatic carboxylic acids is 1. The van der Waals surface area contributed by atoms with Crippen LogP contribution in [0.15, 0.2) is 30.5 Å². The largest absolute Gasteiger partial charge is 0.495 e. The second kappa shape index (κ2) is 5.83. The number of rotatable bonds is 5. The van der Waals surface area contributed by atoms with Crippen LogP contribution < -0.4 is 10.1 Å². The van der Waals surface area contributed by atoms with Crippen molar-refractivity contribution >= 4 is 17.6 Å². The van der Waals surface area contributed by atoms with E-state index in [-0.39, 0.29) is 18.1 Å². The van der Waals surface area contributed by atoms with Gasteiger partial charge < -0.3 is 15.2 Å². The van der Waals surface area contributed by atoms with Crippen LogP contribution in [0.2, 0.25) is 0 Å². The topological polar surface area (TPSA) is 106 Å². The molecule has 0 aliphatic rings. The number of carbonyl (C=O) groups is 2. The van der Waals surface area contributed by atoms with Crippen molar-refractivity contribution in [3.63, 3.8) is 0 Å². The van der Waals surface area contributed by atoms with Gasteiger partial charge in [-0.1, -0.05) is 17.3 Å². The maximum absolute atomic E-state index is 11.8. The number of para-hydroxylation sites is 2. The van der Waals surface area contributed by atoms with Crippen LogP contribution in [0, 0.1) is 0 Å². The number of nitrogens with one attached hydrogen (secondary N) is 1. The molecule has 0 saturated heterocycles. The van der Waals surface area contributed by atoms with E-state index in [4.69, 9.17) is 9.84 Å². The highest BCUT2D eigenvalue weighted by Gasteiger charge is 2.11. The number of anilines is 1. The molecule has 8 heteroatoms. The highest BCUT2D eigenvalue weighted by atomic mass is 16.5. The van der Waals surface area contributed by atoms with Crippen molar-refractivity contribution in [1.82, 2.24) is 15.0 Å². The second-order valence-corrected chi connectivity index (χ2v) is 3.85. The van der Waals surface area contributed by atoms with Crippen LogP contribution in [0.1, 0.15) is 10.5 Å². The fourth-order valence-corrected chi connectivity index (χ4v) is 1.56. The Hall–Kier alpha value is -2.90. The average molecular weight is 276 g/mol. The van der Waals surface area contributed by atoms with Gasteiger partial charge in [0.05, 0.1) is 19.0 Å². The molecule has 0 unspecified atom stereocenters. The molecule has 2 rings (SSSR count). The van der Waals surface area contributed by atoms with Gasteiger partial charge in [-0.05, 0) is 12.1 Å². The number of ether oxygens (including phenoxy) is 1. The normalized spacial score (nSPS) is 10.1. The lowest BCUT2D eigenvalue weighted by atomic mass is 10.3. The third kappa shape index (κ3) is 3.10. The number of hydrogen-bond donors (Lipinski definition) is 2. The van der Waals surface area contributed by atoms with E-state index in [1.807, 2.05) is 0 Å². The Bertz CT molecular complexity index is 638. The van der Waals surface area contributed by atoms with Crippen molar-refractivity contribution in [1.29, 1.82) is 0 Å². The van der Waals surface area contributed by atoms with Crippen molar-refractivity contribution in [2.45, 2.75) is 6.54 Å². The third-order valence-electron chi connectivity index (χ3n) is 2.44. The van der Waals surface area contributed by atoms with Gasteiger partial charge >= 0.3 is 5.97 Å². The van der Waals surface area contributed by atoms with E-state index in [1.54, 1.807) is 24.3 Å². The molecular weight excluding hydrogens is 264 g/mol. The van der Waals surface area contributed by atoms with Gasteiger partial charge in [-0.25, -0.2) is 9.48 Å². The first-order chi connectivity index (χ1) is 9.60. The van der Waals surface area contributed by atoms with E-state index in [0.29, 0.717) is 11.4 Å². The summed E-state index contributed by atoms with van der Waals surface area (Å²) in [6.07, 6.45) is 1.18. The van der Waals surface area contributed by atoms with Crippen molar-refractivity contribution in [3.05, 3.63) is 36.2 Å². The molecule has 20 heavy (non-hydrogen) atoms. The van der Waals surface area contributed by atoms with Crippen molar-refractivity contribution < 1.29 is 19.4 Å². The average Bonchev–Trinajstić information content (AvgIpc) is 2.88. The van der Waals surface area contributed by atoms with E-state index < -0.39 is 5.97 Å². The van der Waals surface area contributed by atoms with Gasteiger partial charge in [0.1, 0.15) is 12.3 Å². The predicted octanol–water partition coefficient (Wildman–Crippen LogP) is 0.624. The Morgan fingerprint density at radius 2 is 2.15 bits per heavy atom. The lowest BCUT2D eigenvalue weighted by Crippen LogP contribution is -2.19. The summed E-state index contributed by atoms with van der Waals surface area (Å²) < 4.78 is 6.25. The summed E-state index contributed by atoms with van der Waals surface area (Å²) in [7, 11) is 1.50. The number of benzene rings is 1. The first-order valence-corrected chi connectivity index (χ1v) is 5.66. The summed E-state index contributed by atoms with van der Waals surface area (Å²) in [4.78, 5) is 22.5. The first-order valence-electron chi connectivity index (χ1n) is 5.66. The fraction of sp³-hybridized carbons (Fsp3) is 0.167. The van der Waals surface area contributed by atoms with Crippen LogP contribution in [0.4, 0.5) is 5.69 Å². The van der Waals surface area contributed by atoms with Gasteiger partial charge in [0.2, 0.25) is 5.91 Å². The highest BCUT2D eigenvalue weighted by molar-refractivity contribution is 5.92. The number of aromatic nitrogens is 3. The minimum absolute atomic E-state index is 0.141. The molecule has 1 aromatic carbocycles. The SMILES string of the molecule is COc1ccccc1NC(=O)Cn1cc(C(=O)O)nn1. The fourth-order valence-electron chi connectivity index (χ4n) is 1.56. The highest BCUT2D eigenvalue weighted by Crippen LogP contribution is 2.22. The van der Waals surface area contributed by atoms with Crippen molar-refractivity contribution in [3.8, 4) is 5.75 Å². The van der Waals surface area contributed by atoms with Crippen LogP contribution in [-0.4, -0.2) is 39.1 Å². The third-order valence-corrected chi connectivity index (χ3v) is 2.44. The molecule has 1 heterocycles. The molecule has 0 atom stereocenters. The molecule has 104 valence electrons. The van der Waals surface area contributed by atoms with Gasteiger partial charge in [0, 0.05) is 0 Å². The molecular formula is C12H12N4O4. The molecule has 0 fully saturated rings. The zero-order valence-electron chi connectivity index (χ0n) is 10.6. The van der Waals surface area contributed by atoms with E-state index in [2.05, 4.69) is 15.6 Å². The minimum Gasteiger partial charge on any atom is -0.495 e. The maximum Gasteiger partial charge on any atom is 0.358 e. The Morgan fingerprint density at radius 3 is 2.80 bits per heavy atom. The monoisotopic (exact) mass is 276 g/mol. The number of nitrogens with zero attached hydrogens (tertiary/aromatic N) is 3. The first kappa shape index (κ1) is 13.5. The Balaban J connectivity index is 2.03. The lowest BCUT2D eigenvalue weighted by molar-refractivity contribution is -0.116. The number of hydrogen-bond acceptors (Lipinski definition) is 5. The van der Waals surface area contributed by atoms with E-state index >= 15 is 0 Å². The van der Waals surface area contributed by atoms with E-state index in [9.17, 15) is 9.59 Å². The van der Waals surface area contributed by atoms with E-state index in [0.717, 1.165) is 4.68 Å². The molecule has 1 amide bonds. The lowest BCUT2D eigenvalue weighted by Gasteiger charge is -2.09. The molecule has 0 radical (unpaired) electrons. The summed E-state index contributed by atoms with van der Waals surface area (Å²) >= 11 is 0. The zero-order valence-corrected chi connectivity index (χ0v) is 10.6. The molecule has 0 saturated carbocycles. The predicted molar refractivity (Wildman–Crippen MR) is 68.6 cm³/mol. The number of methoxy groups -OCH3 is 1.